The zero-order valence-corrected chi connectivity index (χ0v) is 17.0. The highest BCUT2D eigenvalue weighted by Gasteiger charge is 2.39. The topological polar surface area (TPSA) is 81.1 Å². The molecule has 2 fully saturated rings. The molecule has 7 heteroatoms. The van der Waals surface area contributed by atoms with Crippen LogP contribution in [0.2, 0.25) is 0 Å². The number of anilines is 1. The van der Waals surface area contributed by atoms with E-state index in [9.17, 15) is 4.79 Å². The maximum absolute atomic E-state index is 11.7. The van der Waals surface area contributed by atoms with Gasteiger partial charge in [0.25, 0.3) is 0 Å². The van der Waals surface area contributed by atoms with E-state index in [0.717, 1.165) is 47.4 Å². The first kappa shape index (κ1) is 18.6. The number of carbonyl (C=O) groups is 1. The number of nitrogens with zero attached hydrogens (tertiary/aromatic N) is 3. The van der Waals surface area contributed by atoms with E-state index in [1.54, 1.807) is 0 Å². The molecule has 2 N–H and O–H groups in total. The number of Topliss-reactive ketones (excluding diaryl/α,β-unsaturated/α-hetero) is 1. The second-order valence-electron chi connectivity index (χ2n) is 8.59. The summed E-state index contributed by atoms with van der Waals surface area (Å²) in [5.41, 5.74) is 6.73. The molecule has 29 heavy (non-hydrogen) atoms. The Labute approximate surface area is 170 Å². The minimum Gasteiger partial charge on any atom is -0.381 e. The molecule has 2 saturated carbocycles. The summed E-state index contributed by atoms with van der Waals surface area (Å²) < 4.78 is 1.94. The Balaban J connectivity index is 1.54. The Hall–Kier alpha value is -2.41. The first-order valence-corrected chi connectivity index (χ1v) is 11.0. The lowest BCUT2D eigenvalue weighted by Crippen LogP contribution is -2.34. The lowest BCUT2D eigenvalue weighted by molar-refractivity contribution is -0.127. The maximum Gasteiger partial charge on any atom is 0.159 e. The van der Waals surface area contributed by atoms with Crippen molar-refractivity contribution in [2.24, 2.45) is 0 Å². The van der Waals surface area contributed by atoms with Crippen LogP contribution in [0.4, 0.5) is 5.69 Å². The third-order valence-corrected chi connectivity index (χ3v) is 6.64. The SMILES string of the molecule is CCn1ncc2c(NC3CCCCC3)c(C3=CC4(CCC(=O)CC4)ON3)cnc21. The van der Waals surface area contributed by atoms with Crippen molar-refractivity contribution in [3.8, 4) is 0 Å². The van der Waals surface area contributed by atoms with Crippen LogP contribution in [0, 0.1) is 0 Å². The maximum atomic E-state index is 11.7. The third-order valence-electron chi connectivity index (χ3n) is 6.64. The molecular formula is C22H29N5O2. The van der Waals surface area contributed by atoms with E-state index < -0.39 is 0 Å². The first-order valence-electron chi connectivity index (χ1n) is 11.0. The Kier molecular flexibility index (Phi) is 4.78. The van der Waals surface area contributed by atoms with Crippen LogP contribution in [0.15, 0.2) is 18.5 Å². The molecule has 7 nitrogen and oxygen atoms in total. The molecule has 0 unspecified atom stereocenters. The highest BCUT2D eigenvalue weighted by molar-refractivity contribution is 5.96. The molecule has 1 aliphatic heterocycles. The van der Waals surface area contributed by atoms with Gasteiger partial charge in [0.15, 0.2) is 5.65 Å². The zero-order valence-electron chi connectivity index (χ0n) is 17.0. The molecule has 5 rings (SSSR count). The van der Waals surface area contributed by atoms with Gasteiger partial charge in [-0.15, -0.1) is 0 Å². The van der Waals surface area contributed by atoms with Crippen molar-refractivity contribution in [2.45, 2.75) is 82.9 Å². The molecule has 0 atom stereocenters. The van der Waals surface area contributed by atoms with Crippen molar-refractivity contribution in [3.05, 3.63) is 24.0 Å². The molecule has 3 heterocycles. The number of pyridine rings is 1. The highest BCUT2D eigenvalue weighted by Crippen LogP contribution is 2.40. The van der Waals surface area contributed by atoms with Gasteiger partial charge in [-0.1, -0.05) is 19.3 Å². The second kappa shape index (κ2) is 7.44. The van der Waals surface area contributed by atoms with E-state index in [2.05, 4.69) is 28.9 Å². The fraction of sp³-hybridized carbons (Fsp3) is 0.591. The monoisotopic (exact) mass is 395 g/mol. The predicted molar refractivity (Wildman–Crippen MR) is 112 cm³/mol. The van der Waals surface area contributed by atoms with Crippen molar-refractivity contribution in [1.29, 1.82) is 0 Å². The van der Waals surface area contributed by atoms with Crippen molar-refractivity contribution in [3.63, 3.8) is 0 Å². The van der Waals surface area contributed by atoms with Gasteiger partial charge in [0, 0.05) is 37.2 Å². The fourth-order valence-electron chi connectivity index (χ4n) is 4.88. The van der Waals surface area contributed by atoms with Crippen LogP contribution in [0.3, 0.4) is 0 Å². The summed E-state index contributed by atoms with van der Waals surface area (Å²) in [6.07, 6.45) is 14.9. The van der Waals surface area contributed by atoms with Crippen LogP contribution in [-0.4, -0.2) is 32.2 Å². The molecule has 2 aromatic rings. The molecule has 2 aliphatic carbocycles. The number of rotatable bonds is 4. The molecule has 3 aliphatic rings. The molecule has 0 bridgehead atoms. The quantitative estimate of drug-likeness (QED) is 0.816. The Morgan fingerprint density at radius 2 is 2.03 bits per heavy atom. The second-order valence-corrected chi connectivity index (χ2v) is 8.59. The van der Waals surface area contributed by atoms with E-state index in [1.165, 1.54) is 32.1 Å². The zero-order chi connectivity index (χ0) is 19.8. The molecule has 0 aromatic carbocycles. The highest BCUT2D eigenvalue weighted by atomic mass is 16.7. The fourth-order valence-corrected chi connectivity index (χ4v) is 4.88. The Bertz CT molecular complexity index is 948. The number of ketones is 1. The number of aromatic nitrogens is 3. The summed E-state index contributed by atoms with van der Waals surface area (Å²) in [4.78, 5) is 22.4. The molecule has 2 aromatic heterocycles. The van der Waals surface area contributed by atoms with Crippen molar-refractivity contribution < 1.29 is 9.63 Å². The number of hydrogen-bond acceptors (Lipinski definition) is 6. The van der Waals surface area contributed by atoms with Crippen LogP contribution >= 0.6 is 0 Å². The summed E-state index contributed by atoms with van der Waals surface area (Å²) in [5, 5.41) is 9.41. The van der Waals surface area contributed by atoms with Crippen LogP contribution in [-0.2, 0) is 16.2 Å². The van der Waals surface area contributed by atoms with Crippen LogP contribution in [0.5, 0.6) is 0 Å². The molecular weight excluding hydrogens is 366 g/mol. The average Bonchev–Trinajstić information content (AvgIpc) is 3.36. The van der Waals surface area contributed by atoms with E-state index in [4.69, 9.17) is 9.82 Å². The molecule has 154 valence electrons. The van der Waals surface area contributed by atoms with E-state index in [-0.39, 0.29) is 5.60 Å². The van der Waals surface area contributed by atoms with Crippen molar-refractivity contribution >= 4 is 28.2 Å². The minimum atomic E-state index is -0.381. The molecule has 0 radical (unpaired) electrons. The Morgan fingerprint density at radius 1 is 1.24 bits per heavy atom. The van der Waals surface area contributed by atoms with Crippen LogP contribution < -0.4 is 10.8 Å². The Morgan fingerprint density at radius 3 is 2.79 bits per heavy atom. The number of hydrogen-bond donors (Lipinski definition) is 2. The van der Waals surface area contributed by atoms with E-state index in [1.807, 2.05) is 17.1 Å². The van der Waals surface area contributed by atoms with Gasteiger partial charge < -0.3 is 5.32 Å². The average molecular weight is 396 g/mol. The number of carbonyl (C=O) groups excluding carboxylic acids is 1. The van der Waals surface area contributed by atoms with Gasteiger partial charge in [0.05, 0.1) is 23.0 Å². The van der Waals surface area contributed by atoms with Crippen LogP contribution in [0.25, 0.3) is 16.7 Å². The standard InChI is InChI=1S/C22H29N5O2/c1-2-27-21-18(14-24-27)20(25-15-6-4-3-5-7-15)17(13-23-21)19-12-22(29-26-19)10-8-16(28)9-11-22/h12-15,26H,2-11H2,1H3,(H,23,25). The van der Waals surface area contributed by atoms with Gasteiger partial charge in [0.2, 0.25) is 0 Å². The summed E-state index contributed by atoms with van der Waals surface area (Å²) in [6, 6.07) is 0.474. The van der Waals surface area contributed by atoms with E-state index in [0.29, 0.717) is 24.7 Å². The van der Waals surface area contributed by atoms with Gasteiger partial charge >= 0.3 is 0 Å². The summed E-state index contributed by atoms with van der Waals surface area (Å²) >= 11 is 0. The predicted octanol–water partition coefficient (Wildman–Crippen LogP) is 3.95. The largest absolute Gasteiger partial charge is 0.381 e. The van der Waals surface area contributed by atoms with Crippen molar-refractivity contribution in [1.82, 2.24) is 20.2 Å². The van der Waals surface area contributed by atoms with Gasteiger partial charge in [0.1, 0.15) is 11.4 Å². The van der Waals surface area contributed by atoms with Gasteiger partial charge in [-0.05, 0) is 38.7 Å². The summed E-state index contributed by atoms with van der Waals surface area (Å²) in [6.45, 7) is 2.87. The number of hydroxylamine groups is 1. The van der Waals surface area contributed by atoms with Gasteiger partial charge in [-0.2, -0.15) is 5.10 Å². The van der Waals surface area contributed by atoms with Crippen molar-refractivity contribution in [2.75, 3.05) is 5.32 Å². The number of aryl methyl sites for hydroxylation is 1. The van der Waals surface area contributed by atoms with Gasteiger partial charge in [-0.25, -0.2) is 9.67 Å². The minimum absolute atomic E-state index is 0.329. The number of nitrogens with one attached hydrogen (secondary N) is 2. The number of fused-ring (bicyclic) bond motifs is 1. The first-order chi connectivity index (χ1) is 14.2. The molecule has 0 saturated heterocycles. The van der Waals surface area contributed by atoms with Gasteiger partial charge in [-0.3, -0.25) is 15.1 Å². The lowest BCUT2D eigenvalue weighted by atomic mass is 9.83. The lowest BCUT2D eigenvalue weighted by Gasteiger charge is -2.28. The summed E-state index contributed by atoms with van der Waals surface area (Å²) in [5.74, 6) is 0.329. The van der Waals surface area contributed by atoms with Crippen LogP contribution in [0.1, 0.15) is 70.3 Å². The van der Waals surface area contributed by atoms with E-state index >= 15 is 0 Å². The third kappa shape index (κ3) is 3.41. The summed E-state index contributed by atoms with van der Waals surface area (Å²) in [7, 11) is 0. The molecule has 0 amide bonds. The normalized spacial score (nSPS) is 22.1. The smallest absolute Gasteiger partial charge is 0.159 e. The molecule has 1 spiro atoms.